The molecule has 4 rings (SSSR count). The van der Waals surface area contributed by atoms with Gasteiger partial charge < -0.3 is 66.9 Å². The van der Waals surface area contributed by atoms with E-state index in [0.717, 1.165) is 54.2 Å². The molecule has 0 radical (unpaired) electrons. The number of halogens is 3. The summed E-state index contributed by atoms with van der Waals surface area (Å²) in [5.41, 5.74) is 1.37. The van der Waals surface area contributed by atoms with Gasteiger partial charge in [0.25, 0.3) is 5.79 Å². The molecule has 2 heterocycles. The smallest absolute Gasteiger partial charge is 0.407 e. The van der Waals surface area contributed by atoms with Crippen LogP contribution in [0.3, 0.4) is 0 Å². The van der Waals surface area contributed by atoms with E-state index in [1.807, 2.05) is 6.07 Å². The van der Waals surface area contributed by atoms with Crippen LogP contribution in [-0.4, -0.2) is 146 Å². The highest BCUT2D eigenvalue weighted by atomic mass is 35.6. The fourth-order valence-electron chi connectivity index (χ4n) is 7.39. The molecular weight excluding hydrogens is 997 g/mol. The van der Waals surface area contributed by atoms with Gasteiger partial charge in [-0.1, -0.05) is 95.5 Å². The SMILES string of the molecule is COC(=O)[C@@]1(O[C@H]2[C@@H](OCc3ccccc3)[C@@H](COCc3ccccc3)OC(OC(C)=O)[C@@H]2OC(C)=O)C[C@H](OC(C)=O)[C@@H](NC(=O)OCC(Cl)(Cl)Cl)[C@H]([C@H](OC(C)=O)[C@@H](COC(C)=O)OC(C)=O)O1. The largest absolute Gasteiger partial charge is 0.465 e. The third kappa shape index (κ3) is 17.8. The molecule has 1 amide bonds. The lowest BCUT2D eigenvalue weighted by atomic mass is 9.87. The molecule has 0 aliphatic carbocycles. The number of hydrogen-bond donors (Lipinski definition) is 1. The molecule has 0 aromatic heterocycles. The quantitative estimate of drug-likeness (QED) is 0.106. The number of carbonyl (C=O) groups is 8. The van der Waals surface area contributed by atoms with Gasteiger partial charge in [-0.05, 0) is 11.1 Å². The Morgan fingerprint density at radius 3 is 1.83 bits per heavy atom. The van der Waals surface area contributed by atoms with Crippen LogP contribution in [0.25, 0.3) is 0 Å². The Morgan fingerprint density at radius 1 is 0.714 bits per heavy atom. The van der Waals surface area contributed by atoms with Gasteiger partial charge in [0.05, 0.1) is 39.4 Å². The standard InChI is InChI=1S/C45H54Cl3NO21/c1-24(50)60-22-34(64-26(3)52)37(65-27(4)53)38-35(49-43(57)62-23-45(46,47)48)32(63-25(2)51)18-44(69-38,42(56)58-7)70-39-36(61-20-31-16-12-9-13-17-31)33(21-59-19-30-14-10-8-11-15-30)68-41(67-29(6)55)40(39)66-28(5)54/h8-17,32-41H,18-23H2,1-7H3,(H,49,57)/t32-,33+,34+,35+,36-,37+,38+,39-,40+,41?,44-/m0/s1. The summed E-state index contributed by atoms with van der Waals surface area (Å²) in [4.78, 5) is 105. The van der Waals surface area contributed by atoms with Gasteiger partial charge in [-0.25, -0.2) is 9.59 Å². The highest BCUT2D eigenvalue weighted by Gasteiger charge is 2.63. The van der Waals surface area contributed by atoms with Crippen molar-refractivity contribution in [2.24, 2.45) is 0 Å². The Bertz CT molecular complexity index is 2110. The number of benzene rings is 2. The number of nitrogens with one attached hydrogen (secondary N) is 1. The second-order valence-electron chi connectivity index (χ2n) is 15.6. The Morgan fingerprint density at radius 2 is 1.30 bits per heavy atom. The monoisotopic (exact) mass is 1050 g/mol. The average molecular weight is 1050 g/mol. The zero-order valence-corrected chi connectivity index (χ0v) is 41.3. The van der Waals surface area contributed by atoms with Crippen molar-refractivity contribution in [3.63, 3.8) is 0 Å². The van der Waals surface area contributed by atoms with Crippen LogP contribution in [0.5, 0.6) is 0 Å². The minimum absolute atomic E-state index is 0.0387. The zero-order chi connectivity index (χ0) is 51.8. The zero-order valence-electron chi connectivity index (χ0n) is 39.0. The highest BCUT2D eigenvalue weighted by molar-refractivity contribution is 6.67. The molecule has 2 aliphatic rings. The molecule has 386 valence electrons. The van der Waals surface area contributed by atoms with Crippen molar-refractivity contribution in [2.75, 3.05) is 26.9 Å². The fourth-order valence-corrected chi connectivity index (χ4v) is 7.55. The number of alkyl carbamates (subject to hydrolysis) is 1. The van der Waals surface area contributed by atoms with E-state index in [2.05, 4.69) is 5.32 Å². The summed E-state index contributed by atoms with van der Waals surface area (Å²) < 4.78 is 73.8. The molecule has 1 N–H and O–H groups in total. The topological polar surface area (TPSA) is 269 Å². The summed E-state index contributed by atoms with van der Waals surface area (Å²) in [6.07, 6.45) is -18.3. The van der Waals surface area contributed by atoms with Gasteiger partial charge in [0, 0.05) is 41.5 Å². The van der Waals surface area contributed by atoms with Gasteiger partial charge in [0.15, 0.2) is 18.3 Å². The van der Waals surface area contributed by atoms with E-state index in [1.165, 1.54) is 0 Å². The minimum Gasteiger partial charge on any atom is -0.465 e. The number of hydrogen-bond acceptors (Lipinski definition) is 21. The summed E-state index contributed by atoms with van der Waals surface area (Å²) in [6, 6.07) is 15.9. The molecule has 0 saturated carbocycles. The maximum atomic E-state index is 14.7. The molecule has 25 heteroatoms. The number of carbonyl (C=O) groups excluding carboxylic acids is 8. The van der Waals surface area contributed by atoms with Crippen molar-refractivity contribution in [1.29, 1.82) is 0 Å². The van der Waals surface area contributed by atoms with Crippen molar-refractivity contribution in [3.8, 4) is 0 Å². The summed E-state index contributed by atoms with van der Waals surface area (Å²) in [6.45, 7) is 3.84. The van der Waals surface area contributed by atoms with E-state index in [0.29, 0.717) is 5.56 Å². The Balaban J connectivity index is 2.01. The van der Waals surface area contributed by atoms with Gasteiger partial charge >= 0.3 is 47.9 Å². The molecule has 2 aliphatic heterocycles. The number of amides is 1. The maximum Gasteiger partial charge on any atom is 0.407 e. The summed E-state index contributed by atoms with van der Waals surface area (Å²) >= 11 is 17.5. The normalized spacial score (nSPS) is 25.1. The van der Waals surface area contributed by atoms with E-state index >= 15 is 0 Å². The van der Waals surface area contributed by atoms with Crippen molar-refractivity contribution in [1.82, 2.24) is 5.32 Å². The van der Waals surface area contributed by atoms with Crippen LogP contribution >= 0.6 is 34.8 Å². The first-order valence-corrected chi connectivity index (χ1v) is 22.5. The van der Waals surface area contributed by atoms with Gasteiger partial charge in [-0.15, -0.1) is 0 Å². The Kier molecular flexibility index (Phi) is 21.9. The first-order chi connectivity index (χ1) is 33.0. The molecule has 2 saturated heterocycles. The van der Waals surface area contributed by atoms with Gasteiger partial charge in [-0.3, -0.25) is 28.8 Å². The molecule has 0 spiro atoms. The molecule has 0 bridgehead atoms. The van der Waals surface area contributed by atoms with Crippen LogP contribution < -0.4 is 5.32 Å². The second-order valence-corrected chi connectivity index (χ2v) is 18.2. The molecule has 2 aromatic carbocycles. The van der Waals surface area contributed by atoms with E-state index in [-0.39, 0.29) is 19.8 Å². The fraction of sp³-hybridized carbons (Fsp3) is 0.556. The highest BCUT2D eigenvalue weighted by Crippen LogP contribution is 2.41. The third-order valence-electron chi connectivity index (χ3n) is 9.96. The predicted molar refractivity (Wildman–Crippen MR) is 238 cm³/mol. The van der Waals surface area contributed by atoms with Crippen LogP contribution in [0.2, 0.25) is 0 Å². The van der Waals surface area contributed by atoms with Gasteiger partial charge in [0.2, 0.25) is 10.1 Å². The van der Waals surface area contributed by atoms with Crippen LogP contribution in [0.4, 0.5) is 4.79 Å². The second kappa shape index (κ2) is 26.8. The van der Waals surface area contributed by atoms with E-state index < -0.39 is 138 Å². The Hall–Kier alpha value is -5.33. The van der Waals surface area contributed by atoms with Crippen LogP contribution in [-0.2, 0) is 108 Å². The molecular formula is C45H54Cl3NO21. The average Bonchev–Trinajstić information content (AvgIpc) is 3.27. The lowest BCUT2D eigenvalue weighted by Gasteiger charge is -2.51. The van der Waals surface area contributed by atoms with Gasteiger partial charge in [-0.2, -0.15) is 0 Å². The first-order valence-electron chi connectivity index (χ1n) is 21.4. The van der Waals surface area contributed by atoms with E-state index in [9.17, 15) is 38.4 Å². The van der Waals surface area contributed by atoms with Crippen LogP contribution in [0, 0.1) is 0 Å². The molecule has 2 aromatic rings. The van der Waals surface area contributed by atoms with Crippen molar-refractivity contribution in [3.05, 3.63) is 71.8 Å². The molecule has 11 atom stereocenters. The van der Waals surface area contributed by atoms with Crippen molar-refractivity contribution < 1.29 is 99.9 Å². The predicted octanol–water partition coefficient (Wildman–Crippen LogP) is 3.87. The Labute approximate surface area is 417 Å². The number of esters is 7. The van der Waals surface area contributed by atoms with Gasteiger partial charge in [0.1, 0.15) is 43.7 Å². The molecule has 22 nitrogen and oxygen atoms in total. The third-order valence-corrected chi connectivity index (χ3v) is 10.3. The van der Waals surface area contributed by atoms with Crippen molar-refractivity contribution >= 4 is 82.7 Å². The minimum atomic E-state index is -2.95. The maximum absolute atomic E-state index is 14.7. The molecule has 2 fully saturated rings. The molecule has 70 heavy (non-hydrogen) atoms. The number of methoxy groups -OCH3 is 1. The van der Waals surface area contributed by atoms with Crippen molar-refractivity contribution in [2.45, 2.75) is 132 Å². The number of alkyl halides is 3. The van der Waals surface area contributed by atoms with E-state index in [1.54, 1.807) is 54.6 Å². The number of rotatable bonds is 21. The molecule has 1 unspecified atom stereocenters. The summed E-state index contributed by atoms with van der Waals surface area (Å²) in [5, 5.41) is 2.40. The lowest BCUT2D eigenvalue weighted by Crippen LogP contribution is -2.72. The summed E-state index contributed by atoms with van der Waals surface area (Å²) in [5.74, 6) is -10.2. The number of ether oxygens (including phenoxy) is 13. The van der Waals surface area contributed by atoms with Crippen LogP contribution in [0.1, 0.15) is 59.1 Å². The van der Waals surface area contributed by atoms with Crippen LogP contribution in [0.15, 0.2) is 60.7 Å². The van der Waals surface area contributed by atoms with E-state index in [4.69, 9.17) is 96.4 Å². The first kappa shape index (κ1) is 57.3. The summed E-state index contributed by atoms with van der Waals surface area (Å²) in [7, 11) is 0.926. The lowest BCUT2D eigenvalue weighted by molar-refractivity contribution is -0.371.